The lowest BCUT2D eigenvalue weighted by atomic mass is 9.88. The molecule has 194 valence electrons. The predicted molar refractivity (Wildman–Crippen MR) is 138 cm³/mol. The molecule has 4 atom stereocenters. The predicted octanol–water partition coefficient (Wildman–Crippen LogP) is 6.18. The first-order valence-electron chi connectivity index (χ1n) is 11.9. The number of carbonyl (C=O) groups is 2. The summed E-state index contributed by atoms with van der Waals surface area (Å²) in [5, 5.41) is 0.432. The number of carbonyl (C=O) groups excluding carboxylic acids is 2. The number of hydrogen-bond donors (Lipinski definition) is 1. The number of nitrogens with zero attached hydrogens (tertiary/aromatic N) is 1. The maximum absolute atomic E-state index is 14.6. The number of nitrogens with two attached hydrogens (primary N) is 1. The summed E-state index contributed by atoms with van der Waals surface area (Å²) in [6.45, 7) is 1.89. The molecule has 1 saturated heterocycles. The van der Waals surface area contributed by atoms with Crippen molar-refractivity contribution in [3.63, 3.8) is 0 Å². The quantitative estimate of drug-likeness (QED) is 0.366. The molecule has 2 N–H and O–H groups in total. The number of ether oxygens (including phenoxy) is 1. The molecule has 2 amide bonds. The number of morpholine rings is 1. The Morgan fingerprint density at radius 3 is 2.27 bits per heavy atom. The molecule has 0 unspecified atom stereocenters. The summed E-state index contributed by atoms with van der Waals surface area (Å²) in [7, 11) is 0. The molecule has 4 rings (SSSR count). The Morgan fingerprint density at radius 1 is 1.03 bits per heavy atom. The van der Waals surface area contributed by atoms with Gasteiger partial charge in [0.2, 0.25) is 5.91 Å². The number of rotatable bonds is 8. The van der Waals surface area contributed by atoms with E-state index in [-0.39, 0.29) is 11.4 Å². The van der Waals surface area contributed by atoms with Crippen molar-refractivity contribution in [3.8, 4) is 0 Å². The number of primary amides is 1. The highest BCUT2D eigenvalue weighted by molar-refractivity contribution is 6.30. The van der Waals surface area contributed by atoms with Crippen LogP contribution in [-0.2, 0) is 20.7 Å². The molecule has 3 aromatic carbocycles. The van der Waals surface area contributed by atoms with Crippen molar-refractivity contribution in [1.29, 1.82) is 0 Å². The highest BCUT2D eigenvalue weighted by Crippen LogP contribution is 2.44. The van der Waals surface area contributed by atoms with Gasteiger partial charge in [-0.2, -0.15) is 0 Å². The lowest BCUT2D eigenvalue weighted by Crippen LogP contribution is -2.58. The summed E-state index contributed by atoms with van der Waals surface area (Å²) in [5.41, 5.74) is 7.55. The molecule has 1 fully saturated rings. The van der Waals surface area contributed by atoms with Crippen molar-refractivity contribution in [2.24, 2.45) is 5.73 Å². The topological polar surface area (TPSA) is 72.6 Å². The van der Waals surface area contributed by atoms with Gasteiger partial charge in [-0.1, -0.05) is 66.9 Å². The SMILES string of the molecule is CCC[C@H](C(N)=O)N1C(=O)[C@H](Cc2ccc(F)cc2)O[C@@H](c2ccc(Cl)c(F)c2)[C@H]1c1ccc(Cl)cc1. The lowest BCUT2D eigenvalue weighted by molar-refractivity contribution is -0.181. The van der Waals surface area contributed by atoms with Crippen LogP contribution in [0.2, 0.25) is 10.0 Å². The third-order valence-electron chi connectivity index (χ3n) is 6.47. The highest BCUT2D eigenvalue weighted by atomic mass is 35.5. The van der Waals surface area contributed by atoms with E-state index in [1.165, 1.54) is 29.2 Å². The average Bonchev–Trinajstić information content (AvgIpc) is 2.87. The van der Waals surface area contributed by atoms with Crippen molar-refractivity contribution >= 4 is 35.0 Å². The van der Waals surface area contributed by atoms with E-state index < -0.39 is 47.7 Å². The van der Waals surface area contributed by atoms with Crippen LogP contribution >= 0.6 is 23.2 Å². The Labute approximate surface area is 224 Å². The zero-order valence-electron chi connectivity index (χ0n) is 20.0. The van der Waals surface area contributed by atoms with Crippen molar-refractivity contribution < 1.29 is 23.1 Å². The number of benzene rings is 3. The van der Waals surface area contributed by atoms with Gasteiger partial charge in [0.1, 0.15) is 29.9 Å². The van der Waals surface area contributed by atoms with Crippen LogP contribution in [0.1, 0.15) is 48.6 Å². The molecular weight excluding hydrogens is 521 g/mol. The molecule has 0 aromatic heterocycles. The van der Waals surface area contributed by atoms with Gasteiger partial charge in [0.05, 0.1) is 11.1 Å². The molecule has 1 heterocycles. The molecular formula is C28H26Cl2F2N2O3. The van der Waals surface area contributed by atoms with Gasteiger partial charge in [-0.3, -0.25) is 9.59 Å². The fraction of sp³-hybridized carbons (Fsp3) is 0.286. The molecule has 5 nitrogen and oxygen atoms in total. The summed E-state index contributed by atoms with van der Waals surface area (Å²) in [4.78, 5) is 28.1. The van der Waals surface area contributed by atoms with Crippen molar-refractivity contribution in [3.05, 3.63) is 105 Å². The van der Waals surface area contributed by atoms with E-state index in [2.05, 4.69) is 0 Å². The van der Waals surface area contributed by atoms with Gasteiger partial charge in [-0.25, -0.2) is 8.78 Å². The number of hydrogen-bond acceptors (Lipinski definition) is 3. The van der Waals surface area contributed by atoms with E-state index in [4.69, 9.17) is 33.7 Å². The minimum Gasteiger partial charge on any atom is -0.368 e. The third-order valence-corrected chi connectivity index (χ3v) is 7.03. The minimum absolute atomic E-state index is 0.0561. The van der Waals surface area contributed by atoms with E-state index >= 15 is 0 Å². The van der Waals surface area contributed by atoms with Crippen LogP contribution in [0.25, 0.3) is 0 Å². The van der Waals surface area contributed by atoms with Crippen LogP contribution < -0.4 is 5.73 Å². The maximum Gasteiger partial charge on any atom is 0.253 e. The van der Waals surface area contributed by atoms with Crippen molar-refractivity contribution in [2.45, 2.75) is 50.5 Å². The van der Waals surface area contributed by atoms with Crippen molar-refractivity contribution in [1.82, 2.24) is 4.90 Å². The Hall–Kier alpha value is -3.00. The van der Waals surface area contributed by atoms with E-state index in [9.17, 15) is 18.4 Å². The van der Waals surface area contributed by atoms with Gasteiger partial charge in [-0.15, -0.1) is 0 Å². The summed E-state index contributed by atoms with van der Waals surface area (Å²) in [6.07, 6.45) is -0.858. The van der Waals surface area contributed by atoms with Gasteiger partial charge >= 0.3 is 0 Å². The van der Waals surface area contributed by atoms with Crippen LogP contribution in [0.5, 0.6) is 0 Å². The second-order valence-electron chi connectivity index (χ2n) is 9.00. The van der Waals surface area contributed by atoms with Crippen LogP contribution in [0.15, 0.2) is 66.7 Å². The van der Waals surface area contributed by atoms with E-state index in [1.54, 1.807) is 42.5 Å². The second-order valence-corrected chi connectivity index (χ2v) is 9.84. The van der Waals surface area contributed by atoms with Crippen molar-refractivity contribution in [2.75, 3.05) is 0 Å². The zero-order valence-corrected chi connectivity index (χ0v) is 21.6. The molecule has 1 aliphatic rings. The Bertz CT molecular complexity index is 1270. The normalized spacial score (nSPS) is 20.6. The van der Waals surface area contributed by atoms with Crippen LogP contribution in [0.3, 0.4) is 0 Å². The smallest absolute Gasteiger partial charge is 0.253 e. The summed E-state index contributed by atoms with van der Waals surface area (Å²) >= 11 is 12.1. The van der Waals surface area contributed by atoms with Gasteiger partial charge in [0.25, 0.3) is 5.91 Å². The maximum atomic E-state index is 14.6. The van der Waals surface area contributed by atoms with Gasteiger partial charge in [0, 0.05) is 11.4 Å². The first-order chi connectivity index (χ1) is 17.7. The summed E-state index contributed by atoms with van der Waals surface area (Å²) in [5.74, 6) is -2.14. The Morgan fingerprint density at radius 2 is 1.68 bits per heavy atom. The van der Waals surface area contributed by atoms with Crippen LogP contribution in [0, 0.1) is 11.6 Å². The fourth-order valence-electron chi connectivity index (χ4n) is 4.71. The highest BCUT2D eigenvalue weighted by Gasteiger charge is 2.48. The molecule has 9 heteroatoms. The lowest BCUT2D eigenvalue weighted by Gasteiger charge is -2.47. The first-order valence-corrected chi connectivity index (χ1v) is 12.7. The molecule has 0 aliphatic carbocycles. The average molecular weight is 547 g/mol. The molecule has 1 aliphatic heterocycles. The first kappa shape index (κ1) is 27.0. The fourth-order valence-corrected chi connectivity index (χ4v) is 4.96. The summed E-state index contributed by atoms with van der Waals surface area (Å²) in [6, 6.07) is 15.1. The zero-order chi connectivity index (χ0) is 26.7. The van der Waals surface area contributed by atoms with Gasteiger partial charge in [-0.05, 0) is 59.5 Å². The molecule has 37 heavy (non-hydrogen) atoms. The molecule has 0 radical (unpaired) electrons. The van der Waals surface area contributed by atoms with Crippen LogP contribution in [0.4, 0.5) is 8.78 Å². The standard InChI is InChI=1S/C28H26Cl2F2N2O3/c1-2-3-23(27(33)35)34-25(17-6-9-19(29)10-7-17)26(18-8-13-21(30)22(32)15-18)37-24(28(34)36)14-16-4-11-20(31)12-5-16/h4-13,15,23-26H,2-3,14H2,1H3,(H2,33,35)/t23-,24+,25-,26+/m1/s1. The molecule has 3 aromatic rings. The number of amides is 2. The summed E-state index contributed by atoms with van der Waals surface area (Å²) < 4.78 is 34.4. The molecule has 0 saturated carbocycles. The van der Waals surface area contributed by atoms with Gasteiger partial charge in [0.15, 0.2) is 0 Å². The van der Waals surface area contributed by atoms with E-state index in [0.717, 1.165) is 0 Å². The van der Waals surface area contributed by atoms with E-state index in [0.29, 0.717) is 34.6 Å². The van der Waals surface area contributed by atoms with Gasteiger partial charge < -0.3 is 15.4 Å². The molecule has 0 bridgehead atoms. The van der Waals surface area contributed by atoms with E-state index in [1.807, 2.05) is 6.92 Å². The third kappa shape index (κ3) is 5.95. The Kier molecular flexibility index (Phi) is 8.47. The minimum atomic E-state index is -1.03. The number of halogens is 4. The largest absolute Gasteiger partial charge is 0.368 e. The van der Waals surface area contributed by atoms with Crippen LogP contribution in [-0.4, -0.2) is 28.9 Å². The Balaban J connectivity index is 1.87. The monoisotopic (exact) mass is 546 g/mol. The second kappa shape index (κ2) is 11.6. The molecule has 0 spiro atoms.